The summed E-state index contributed by atoms with van der Waals surface area (Å²) in [6.07, 6.45) is 1.76. The van der Waals surface area contributed by atoms with Gasteiger partial charge in [0.15, 0.2) is 0 Å². The van der Waals surface area contributed by atoms with Crippen LogP contribution in [0.5, 0.6) is 0 Å². The monoisotopic (exact) mass is 241 g/mol. The molecule has 0 radical (unpaired) electrons. The van der Waals surface area contributed by atoms with Crippen molar-refractivity contribution in [1.29, 1.82) is 0 Å². The van der Waals surface area contributed by atoms with E-state index < -0.39 is 0 Å². The molecule has 1 heterocycles. The van der Waals surface area contributed by atoms with Gasteiger partial charge < -0.3 is 10.6 Å². The Bertz CT molecular complexity index is 521. The van der Waals surface area contributed by atoms with Crippen molar-refractivity contribution in [1.82, 2.24) is 4.98 Å². The van der Waals surface area contributed by atoms with Gasteiger partial charge in [0.1, 0.15) is 5.82 Å². The predicted molar refractivity (Wildman–Crippen MR) is 77.6 cm³/mol. The topological polar surface area (TPSA) is 42.2 Å². The van der Waals surface area contributed by atoms with Crippen molar-refractivity contribution in [2.24, 2.45) is 0 Å². The lowest BCUT2D eigenvalue weighted by atomic mass is 10.0. The molecule has 0 atom stereocenters. The molecule has 0 amide bonds. The number of rotatable bonds is 3. The van der Waals surface area contributed by atoms with Gasteiger partial charge in [0.25, 0.3) is 0 Å². The molecule has 1 aromatic carbocycles. The van der Waals surface area contributed by atoms with E-state index in [9.17, 15) is 0 Å². The molecule has 1 aromatic heterocycles. The minimum atomic E-state index is 0.374. The molecule has 2 rings (SSSR count). The van der Waals surface area contributed by atoms with Gasteiger partial charge in [-0.15, -0.1) is 0 Å². The first-order valence-corrected chi connectivity index (χ1v) is 6.14. The zero-order valence-electron chi connectivity index (χ0n) is 11.1. The summed E-state index contributed by atoms with van der Waals surface area (Å²) < 4.78 is 0. The number of hydrogen-bond acceptors (Lipinski definition) is 3. The van der Waals surface area contributed by atoms with Gasteiger partial charge in [0.05, 0.1) is 5.69 Å². The maximum absolute atomic E-state index is 6.04. The van der Waals surface area contributed by atoms with Gasteiger partial charge in [0.2, 0.25) is 0 Å². The van der Waals surface area contributed by atoms with Crippen molar-refractivity contribution in [2.45, 2.75) is 19.9 Å². The van der Waals surface area contributed by atoms with E-state index in [2.05, 4.69) is 35.9 Å². The third-order valence-electron chi connectivity index (χ3n) is 3.16. The summed E-state index contributed by atoms with van der Waals surface area (Å²) in [6.45, 7) is 4.28. The van der Waals surface area contributed by atoms with Gasteiger partial charge >= 0.3 is 0 Å². The number of nitrogens with two attached hydrogens (primary N) is 1. The third-order valence-corrected chi connectivity index (χ3v) is 3.16. The van der Waals surface area contributed by atoms with Crippen LogP contribution in [0.4, 0.5) is 11.5 Å². The third kappa shape index (κ3) is 2.30. The zero-order valence-corrected chi connectivity index (χ0v) is 11.1. The molecule has 18 heavy (non-hydrogen) atoms. The SMILES string of the molecule is CC(C)N(C)c1c(-c2ccccc2)ccnc1N. The average Bonchev–Trinajstić information content (AvgIpc) is 2.38. The molecule has 0 unspecified atom stereocenters. The van der Waals surface area contributed by atoms with E-state index in [1.807, 2.05) is 31.3 Å². The fourth-order valence-electron chi connectivity index (χ4n) is 1.95. The van der Waals surface area contributed by atoms with Crippen LogP contribution in [-0.2, 0) is 0 Å². The molecule has 3 heteroatoms. The second kappa shape index (κ2) is 5.08. The zero-order chi connectivity index (χ0) is 13.1. The fraction of sp³-hybridized carbons (Fsp3) is 0.267. The molecule has 3 nitrogen and oxygen atoms in total. The molecular weight excluding hydrogens is 222 g/mol. The van der Waals surface area contributed by atoms with Crippen molar-refractivity contribution in [3.63, 3.8) is 0 Å². The summed E-state index contributed by atoms with van der Waals surface area (Å²) in [5.41, 5.74) is 9.33. The minimum absolute atomic E-state index is 0.374. The molecule has 0 aliphatic heterocycles. The van der Waals surface area contributed by atoms with Crippen LogP contribution in [0, 0.1) is 0 Å². The summed E-state index contributed by atoms with van der Waals surface area (Å²) in [4.78, 5) is 6.36. The van der Waals surface area contributed by atoms with Gasteiger partial charge in [-0.05, 0) is 25.5 Å². The van der Waals surface area contributed by atoms with Crippen molar-refractivity contribution in [2.75, 3.05) is 17.7 Å². The molecule has 0 saturated carbocycles. The Morgan fingerprint density at radius 1 is 1.11 bits per heavy atom. The summed E-state index contributed by atoms with van der Waals surface area (Å²) in [5.74, 6) is 0.576. The number of anilines is 2. The smallest absolute Gasteiger partial charge is 0.147 e. The van der Waals surface area contributed by atoms with E-state index in [0.29, 0.717) is 11.9 Å². The van der Waals surface area contributed by atoms with Gasteiger partial charge in [-0.1, -0.05) is 30.3 Å². The molecule has 2 N–H and O–H groups in total. The Morgan fingerprint density at radius 3 is 2.39 bits per heavy atom. The summed E-state index contributed by atoms with van der Waals surface area (Å²) >= 11 is 0. The number of nitrogen functional groups attached to an aromatic ring is 1. The largest absolute Gasteiger partial charge is 0.382 e. The number of benzene rings is 1. The van der Waals surface area contributed by atoms with Gasteiger partial charge in [-0.25, -0.2) is 4.98 Å². The maximum Gasteiger partial charge on any atom is 0.147 e. The molecule has 94 valence electrons. The standard InChI is InChI=1S/C15H19N3/c1-11(2)18(3)14-13(9-10-17-15(14)16)12-7-5-4-6-8-12/h4-11H,1-3H3,(H2,16,17). The van der Waals surface area contributed by atoms with Gasteiger partial charge in [0, 0.05) is 24.8 Å². The van der Waals surface area contributed by atoms with Gasteiger partial charge in [-0.2, -0.15) is 0 Å². The Morgan fingerprint density at radius 2 is 1.78 bits per heavy atom. The summed E-state index contributed by atoms with van der Waals surface area (Å²) in [5, 5.41) is 0. The van der Waals surface area contributed by atoms with E-state index in [1.165, 1.54) is 0 Å². The Kier molecular flexibility index (Phi) is 3.51. The molecule has 0 spiro atoms. The first-order valence-electron chi connectivity index (χ1n) is 6.14. The van der Waals surface area contributed by atoms with Crippen molar-refractivity contribution in [3.05, 3.63) is 42.6 Å². The van der Waals surface area contributed by atoms with Crippen LogP contribution in [0.15, 0.2) is 42.6 Å². The Labute approximate surface area is 108 Å². The van der Waals surface area contributed by atoms with Crippen LogP contribution < -0.4 is 10.6 Å². The van der Waals surface area contributed by atoms with Crippen LogP contribution >= 0.6 is 0 Å². The number of aromatic nitrogens is 1. The molecule has 0 fully saturated rings. The normalized spacial score (nSPS) is 10.7. The Hall–Kier alpha value is -2.03. The minimum Gasteiger partial charge on any atom is -0.382 e. The second-order valence-electron chi connectivity index (χ2n) is 4.66. The Balaban J connectivity index is 2.58. The predicted octanol–water partition coefficient (Wildman–Crippen LogP) is 3.18. The highest BCUT2D eigenvalue weighted by molar-refractivity contribution is 5.85. The van der Waals surface area contributed by atoms with Crippen LogP contribution in [0.2, 0.25) is 0 Å². The molecular formula is C15H19N3. The number of hydrogen-bond donors (Lipinski definition) is 1. The maximum atomic E-state index is 6.04. The van der Waals surface area contributed by atoms with Crippen molar-refractivity contribution < 1.29 is 0 Å². The highest BCUT2D eigenvalue weighted by Crippen LogP contribution is 2.34. The average molecular weight is 241 g/mol. The molecule has 0 bridgehead atoms. The van der Waals surface area contributed by atoms with Gasteiger partial charge in [-0.3, -0.25) is 0 Å². The van der Waals surface area contributed by atoms with E-state index in [4.69, 9.17) is 5.73 Å². The van der Waals surface area contributed by atoms with E-state index >= 15 is 0 Å². The first kappa shape index (κ1) is 12.4. The van der Waals surface area contributed by atoms with Crippen LogP contribution in [0.3, 0.4) is 0 Å². The molecule has 2 aromatic rings. The van der Waals surface area contributed by atoms with Crippen molar-refractivity contribution in [3.8, 4) is 11.1 Å². The highest BCUT2D eigenvalue weighted by Gasteiger charge is 2.15. The lowest BCUT2D eigenvalue weighted by molar-refractivity contribution is 0.755. The molecule has 0 aliphatic carbocycles. The fourth-order valence-corrected chi connectivity index (χ4v) is 1.95. The van der Waals surface area contributed by atoms with E-state index in [0.717, 1.165) is 16.8 Å². The van der Waals surface area contributed by atoms with E-state index in [1.54, 1.807) is 6.20 Å². The lowest BCUT2D eigenvalue weighted by Gasteiger charge is -2.27. The second-order valence-corrected chi connectivity index (χ2v) is 4.66. The number of pyridine rings is 1. The van der Waals surface area contributed by atoms with E-state index in [-0.39, 0.29) is 0 Å². The van der Waals surface area contributed by atoms with Crippen LogP contribution in [-0.4, -0.2) is 18.1 Å². The first-order chi connectivity index (χ1) is 8.61. The van der Waals surface area contributed by atoms with Crippen LogP contribution in [0.25, 0.3) is 11.1 Å². The van der Waals surface area contributed by atoms with Crippen LogP contribution in [0.1, 0.15) is 13.8 Å². The highest BCUT2D eigenvalue weighted by atomic mass is 15.1. The number of nitrogens with zero attached hydrogens (tertiary/aromatic N) is 2. The quantitative estimate of drug-likeness (QED) is 0.897. The summed E-state index contributed by atoms with van der Waals surface area (Å²) in [6, 6.07) is 12.6. The lowest BCUT2D eigenvalue weighted by Crippen LogP contribution is -2.27. The van der Waals surface area contributed by atoms with Crippen molar-refractivity contribution >= 4 is 11.5 Å². The summed E-state index contributed by atoms with van der Waals surface area (Å²) in [7, 11) is 2.05. The molecule has 0 aliphatic rings. The molecule has 0 saturated heterocycles.